The third kappa shape index (κ3) is 4.34. The third-order valence-electron chi connectivity index (χ3n) is 4.61. The summed E-state index contributed by atoms with van der Waals surface area (Å²) in [6, 6.07) is 7.45. The highest BCUT2D eigenvalue weighted by Crippen LogP contribution is 2.12. The van der Waals surface area contributed by atoms with Gasteiger partial charge in [0.15, 0.2) is 6.54 Å². The summed E-state index contributed by atoms with van der Waals surface area (Å²) in [7, 11) is 0. The van der Waals surface area contributed by atoms with Crippen LogP contribution in [-0.4, -0.2) is 80.6 Å². The van der Waals surface area contributed by atoms with Crippen LogP contribution in [0.15, 0.2) is 28.7 Å². The summed E-state index contributed by atoms with van der Waals surface area (Å²) in [6.45, 7) is 6.20. The van der Waals surface area contributed by atoms with E-state index < -0.39 is 0 Å². The van der Waals surface area contributed by atoms with E-state index in [0.717, 1.165) is 17.6 Å². The van der Waals surface area contributed by atoms with Crippen molar-refractivity contribution in [2.75, 3.05) is 59.0 Å². The van der Waals surface area contributed by atoms with Gasteiger partial charge in [-0.3, -0.25) is 9.59 Å². The maximum Gasteiger partial charge on any atom is 0.277 e. The van der Waals surface area contributed by atoms with Crippen LogP contribution in [-0.2, 0) is 9.53 Å². The molecule has 2 amide bonds. The summed E-state index contributed by atoms with van der Waals surface area (Å²) in [5.74, 6) is 0.266. The molecule has 1 aromatic carbocycles. The van der Waals surface area contributed by atoms with Gasteiger partial charge in [0, 0.05) is 23.1 Å². The molecule has 0 unspecified atom stereocenters. The number of nitrogens with one attached hydrogen (secondary N) is 1. The number of rotatable bonds is 3. The molecule has 0 aliphatic carbocycles. The topological polar surface area (TPSA) is 54.3 Å². The van der Waals surface area contributed by atoms with Crippen molar-refractivity contribution in [1.82, 2.24) is 9.80 Å². The third-order valence-corrected chi connectivity index (χ3v) is 5.14. The Bertz CT molecular complexity index is 579. The highest BCUT2D eigenvalue weighted by molar-refractivity contribution is 9.10. The normalized spacial score (nSPS) is 19.4. The molecular weight excluding hydrogens is 374 g/mol. The average Bonchev–Trinajstić information content (AvgIpc) is 2.63. The number of amides is 2. The largest absolute Gasteiger partial charge is 0.378 e. The van der Waals surface area contributed by atoms with Crippen LogP contribution >= 0.6 is 15.9 Å². The average molecular weight is 397 g/mol. The predicted molar refractivity (Wildman–Crippen MR) is 93.0 cm³/mol. The summed E-state index contributed by atoms with van der Waals surface area (Å²) in [5, 5.41) is 0. The second-order valence-electron chi connectivity index (χ2n) is 6.22. The smallest absolute Gasteiger partial charge is 0.277 e. The molecule has 2 saturated heterocycles. The first-order chi connectivity index (χ1) is 11.6. The fourth-order valence-corrected chi connectivity index (χ4v) is 3.38. The number of carbonyl (C=O) groups excluding carboxylic acids is 2. The van der Waals surface area contributed by atoms with Crippen LogP contribution in [0.1, 0.15) is 10.4 Å². The minimum absolute atomic E-state index is 0.0704. The number of quaternary nitrogens is 1. The maximum atomic E-state index is 12.5. The summed E-state index contributed by atoms with van der Waals surface area (Å²) < 4.78 is 6.25. The molecule has 0 saturated carbocycles. The molecule has 6 nitrogen and oxygen atoms in total. The molecule has 0 radical (unpaired) electrons. The lowest BCUT2D eigenvalue weighted by molar-refractivity contribution is -0.896. The monoisotopic (exact) mass is 396 g/mol. The Morgan fingerprint density at radius 3 is 2.25 bits per heavy atom. The van der Waals surface area contributed by atoms with E-state index in [0.29, 0.717) is 51.5 Å². The molecule has 1 aromatic rings. The van der Waals surface area contributed by atoms with E-state index in [-0.39, 0.29) is 11.8 Å². The van der Waals surface area contributed by atoms with E-state index in [9.17, 15) is 9.59 Å². The van der Waals surface area contributed by atoms with Gasteiger partial charge in [-0.2, -0.15) is 0 Å². The van der Waals surface area contributed by atoms with Gasteiger partial charge in [0.05, 0.1) is 39.4 Å². The van der Waals surface area contributed by atoms with Gasteiger partial charge in [0.25, 0.3) is 11.8 Å². The molecule has 0 spiro atoms. The van der Waals surface area contributed by atoms with Gasteiger partial charge in [-0.15, -0.1) is 0 Å². The Balaban J connectivity index is 1.47. The number of piperazine rings is 1. The zero-order chi connectivity index (χ0) is 16.9. The van der Waals surface area contributed by atoms with Gasteiger partial charge >= 0.3 is 0 Å². The molecular formula is C17H23BrN3O3+. The first kappa shape index (κ1) is 17.4. The van der Waals surface area contributed by atoms with Gasteiger partial charge in [-0.25, -0.2) is 0 Å². The molecule has 0 aromatic heterocycles. The number of hydrogen-bond acceptors (Lipinski definition) is 3. The molecule has 1 N–H and O–H groups in total. The molecule has 2 aliphatic heterocycles. The van der Waals surface area contributed by atoms with Crippen molar-refractivity contribution in [1.29, 1.82) is 0 Å². The van der Waals surface area contributed by atoms with E-state index in [1.54, 1.807) is 0 Å². The zero-order valence-corrected chi connectivity index (χ0v) is 15.3. The van der Waals surface area contributed by atoms with Crippen LogP contribution < -0.4 is 4.90 Å². The molecule has 3 rings (SSSR count). The summed E-state index contributed by atoms with van der Waals surface area (Å²) in [4.78, 5) is 29.8. The van der Waals surface area contributed by atoms with Crippen molar-refractivity contribution in [3.63, 3.8) is 0 Å². The Hall–Kier alpha value is -1.44. The van der Waals surface area contributed by atoms with Gasteiger partial charge in [-0.05, 0) is 24.3 Å². The fraction of sp³-hybridized carbons (Fsp3) is 0.529. The predicted octanol–water partition coefficient (Wildman–Crippen LogP) is -0.351. The Morgan fingerprint density at radius 1 is 1.00 bits per heavy atom. The van der Waals surface area contributed by atoms with Crippen molar-refractivity contribution in [3.8, 4) is 0 Å². The second kappa shape index (κ2) is 8.09. The summed E-state index contributed by atoms with van der Waals surface area (Å²) >= 11 is 3.38. The lowest BCUT2D eigenvalue weighted by atomic mass is 10.2. The molecule has 0 atom stereocenters. The molecule has 0 bridgehead atoms. The number of nitrogens with zero attached hydrogens (tertiary/aromatic N) is 2. The van der Waals surface area contributed by atoms with E-state index >= 15 is 0 Å². The SMILES string of the molecule is O=C(C[NH+]1CCN(C(=O)c2ccc(Br)cc2)CC1)N1CCOCC1. The second-order valence-corrected chi connectivity index (χ2v) is 7.13. The number of hydrogen-bond donors (Lipinski definition) is 1. The Morgan fingerprint density at radius 2 is 1.62 bits per heavy atom. The van der Waals surface area contributed by atoms with Gasteiger partial charge in [-0.1, -0.05) is 15.9 Å². The van der Waals surface area contributed by atoms with Crippen LogP contribution in [0.4, 0.5) is 0 Å². The van der Waals surface area contributed by atoms with Gasteiger partial charge in [0.2, 0.25) is 0 Å². The lowest BCUT2D eigenvalue weighted by Crippen LogP contribution is -3.15. The first-order valence-corrected chi connectivity index (χ1v) is 9.17. The number of halogens is 1. The standard InChI is InChI=1S/C17H22BrN3O3/c18-15-3-1-14(2-4-15)17(23)21-7-5-19(6-8-21)13-16(22)20-9-11-24-12-10-20/h1-4H,5-13H2/p+1. The molecule has 24 heavy (non-hydrogen) atoms. The van der Waals surface area contributed by atoms with Crippen LogP contribution in [0.25, 0.3) is 0 Å². The molecule has 2 fully saturated rings. The van der Waals surface area contributed by atoms with E-state index in [2.05, 4.69) is 15.9 Å². The van der Waals surface area contributed by atoms with Gasteiger partial charge < -0.3 is 19.4 Å². The molecule has 7 heteroatoms. The van der Waals surface area contributed by atoms with E-state index in [1.807, 2.05) is 34.1 Å². The van der Waals surface area contributed by atoms with E-state index in [4.69, 9.17) is 4.74 Å². The maximum absolute atomic E-state index is 12.5. The number of carbonyl (C=O) groups is 2. The van der Waals surface area contributed by atoms with Crippen molar-refractivity contribution in [3.05, 3.63) is 34.3 Å². The van der Waals surface area contributed by atoms with Crippen LogP contribution in [0.3, 0.4) is 0 Å². The lowest BCUT2D eigenvalue weighted by Gasteiger charge is -2.33. The Kier molecular flexibility index (Phi) is 5.86. The van der Waals surface area contributed by atoms with E-state index in [1.165, 1.54) is 4.90 Å². The van der Waals surface area contributed by atoms with Crippen molar-refractivity contribution < 1.29 is 19.2 Å². The van der Waals surface area contributed by atoms with Crippen molar-refractivity contribution in [2.45, 2.75) is 0 Å². The highest BCUT2D eigenvalue weighted by Gasteiger charge is 2.27. The molecule has 130 valence electrons. The van der Waals surface area contributed by atoms with Gasteiger partial charge in [0.1, 0.15) is 0 Å². The zero-order valence-electron chi connectivity index (χ0n) is 13.7. The van der Waals surface area contributed by atoms with Crippen LogP contribution in [0.5, 0.6) is 0 Å². The minimum Gasteiger partial charge on any atom is -0.378 e. The van der Waals surface area contributed by atoms with Crippen molar-refractivity contribution >= 4 is 27.7 Å². The van der Waals surface area contributed by atoms with Crippen LogP contribution in [0, 0.1) is 0 Å². The fourth-order valence-electron chi connectivity index (χ4n) is 3.12. The quantitative estimate of drug-likeness (QED) is 0.759. The number of morpholine rings is 1. The first-order valence-electron chi connectivity index (χ1n) is 8.37. The summed E-state index contributed by atoms with van der Waals surface area (Å²) in [5.41, 5.74) is 0.714. The number of benzene rings is 1. The molecule has 2 heterocycles. The van der Waals surface area contributed by atoms with Crippen molar-refractivity contribution in [2.24, 2.45) is 0 Å². The van der Waals surface area contributed by atoms with Crippen LogP contribution in [0.2, 0.25) is 0 Å². The highest BCUT2D eigenvalue weighted by atomic mass is 79.9. The Labute approximate surface area is 150 Å². The minimum atomic E-state index is 0.0704. The number of ether oxygens (including phenoxy) is 1. The molecule has 2 aliphatic rings. The summed E-state index contributed by atoms with van der Waals surface area (Å²) in [6.07, 6.45) is 0.